The highest BCUT2D eigenvalue weighted by molar-refractivity contribution is 7.17. The monoisotopic (exact) mass is 568 g/mol. The Labute approximate surface area is 234 Å². The molecule has 3 aromatic heterocycles. The van der Waals surface area contributed by atoms with Gasteiger partial charge in [-0.1, -0.05) is 0 Å². The Balaban J connectivity index is 1.11. The van der Waals surface area contributed by atoms with Crippen LogP contribution in [0, 0.1) is 17.8 Å². The van der Waals surface area contributed by atoms with Crippen LogP contribution in [0.2, 0.25) is 0 Å². The van der Waals surface area contributed by atoms with Crippen LogP contribution in [0.15, 0.2) is 12.4 Å². The number of halogens is 1. The molecule has 3 aromatic rings. The van der Waals surface area contributed by atoms with E-state index in [1.165, 1.54) is 24.2 Å². The van der Waals surface area contributed by atoms with Crippen molar-refractivity contribution in [3.63, 3.8) is 0 Å². The molecular formula is C27H33FN8O3S. The number of hydrogen-bond acceptors (Lipinski definition) is 8. The fourth-order valence-corrected chi connectivity index (χ4v) is 6.49. The highest BCUT2D eigenvalue weighted by atomic mass is 32.1. The van der Waals surface area contributed by atoms with Crippen molar-refractivity contribution in [1.82, 2.24) is 29.9 Å². The summed E-state index contributed by atoms with van der Waals surface area (Å²) >= 11 is 1.44. The van der Waals surface area contributed by atoms with Crippen LogP contribution >= 0.6 is 11.3 Å². The summed E-state index contributed by atoms with van der Waals surface area (Å²) in [5.74, 6) is 1.92. The Morgan fingerprint density at radius 3 is 2.75 bits per heavy atom. The van der Waals surface area contributed by atoms with E-state index in [1.807, 2.05) is 17.7 Å². The number of aryl methyl sites for hydroxylation is 2. The molecule has 3 saturated carbocycles. The van der Waals surface area contributed by atoms with Crippen molar-refractivity contribution in [2.24, 2.45) is 24.8 Å². The number of carbonyl (C=O) groups excluding carboxylic acids is 2. The normalized spacial score (nSPS) is 23.4. The third-order valence-corrected chi connectivity index (χ3v) is 9.43. The zero-order valence-electron chi connectivity index (χ0n) is 22.4. The van der Waals surface area contributed by atoms with Crippen LogP contribution in [-0.2, 0) is 24.7 Å². The zero-order valence-corrected chi connectivity index (χ0v) is 23.2. The van der Waals surface area contributed by atoms with Crippen molar-refractivity contribution in [1.29, 1.82) is 0 Å². The molecule has 0 radical (unpaired) electrons. The molecule has 3 N–H and O–H groups in total. The van der Waals surface area contributed by atoms with Crippen LogP contribution in [0.4, 0.5) is 21.2 Å². The number of nitrogens with one attached hydrogen (secondary N) is 3. The number of carbonyl (C=O) groups is 2. The number of rotatable bonds is 11. The van der Waals surface area contributed by atoms with Gasteiger partial charge in [-0.25, -0.2) is 9.07 Å². The predicted octanol–water partition coefficient (Wildman–Crippen LogP) is 3.77. The van der Waals surface area contributed by atoms with Gasteiger partial charge in [0.15, 0.2) is 0 Å². The van der Waals surface area contributed by atoms with E-state index in [2.05, 4.69) is 31.2 Å². The third kappa shape index (κ3) is 5.30. The van der Waals surface area contributed by atoms with Crippen molar-refractivity contribution in [2.45, 2.75) is 63.6 Å². The summed E-state index contributed by atoms with van der Waals surface area (Å²) < 4.78 is 23.1. The molecule has 40 heavy (non-hydrogen) atoms. The molecule has 4 aliphatic carbocycles. The van der Waals surface area contributed by atoms with Gasteiger partial charge < -0.3 is 20.7 Å². The number of nitrogens with zero attached hydrogens (tertiary/aromatic N) is 5. The van der Waals surface area contributed by atoms with Gasteiger partial charge in [0.25, 0.3) is 5.91 Å². The minimum Gasteiger partial charge on any atom is -0.476 e. The Hall–Kier alpha value is -3.48. The van der Waals surface area contributed by atoms with Crippen molar-refractivity contribution in [3.8, 4) is 5.88 Å². The average Bonchev–Trinajstić information content (AvgIpc) is 3.89. The highest BCUT2D eigenvalue weighted by Crippen LogP contribution is 2.43. The average molecular weight is 569 g/mol. The number of thiophene rings is 1. The van der Waals surface area contributed by atoms with Gasteiger partial charge in [-0.15, -0.1) is 26.6 Å². The van der Waals surface area contributed by atoms with Gasteiger partial charge >= 0.3 is 0 Å². The smallest absolute Gasteiger partial charge is 0.254 e. The van der Waals surface area contributed by atoms with Crippen LogP contribution in [0.1, 0.15) is 65.4 Å². The lowest BCUT2D eigenvalue weighted by Gasteiger charge is -2.25. The molecular weight excluding hydrogens is 535 g/mol. The lowest BCUT2D eigenvalue weighted by molar-refractivity contribution is -0.117. The summed E-state index contributed by atoms with van der Waals surface area (Å²) in [5, 5.41) is 22.7. The SMILES string of the molecule is Cn1nc(OCC2CC2)cc1Nc1nncn1[C@H]1CCc2sc(NC(=O)[C@H]3C[C@@H]3F)c(C(=O)NCC3CC3)c2C1. The lowest BCUT2D eigenvalue weighted by Crippen LogP contribution is -2.29. The van der Waals surface area contributed by atoms with E-state index in [-0.39, 0.29) is 24.3 Å². The minimum absolute atomic E-state index is 0.00982. The second-order valence-corrected chi connectivity index (χ2v) is 12.6. The first kappa shape index (κ1) is 25.5. The van der Waals surface area contributed by atoms with Crippen LogP contribution in [0.25, 0.3) is 0 Å². The molecule has 0 spiro atoms. The molecule has 7 rings (SSSR count). The number of aromatic nitrogens is 5. The Morgan fingerprint density at radius 2 is 2.00 bits per heavy atom. The van der Waals surface area contributed by atoms with E-state index in [4.69, 9.17) is 4.74 Å². The largest absolute Gasteiger partial charge is 0.476 e. The lowest BCUT2D eigenvalue weighted by atomic mass is 9.91. The molecule has 13 heteroatoms. The molecule has 0 saturated heterocycles. The van der Waals surface area contributed by atoms with Gasteiger partial charge in [0.1, 0.15) is 23.3 Å². The van der Waals surface area contributed by atoms with Crippen molar-refractivity contribution < 1.29 is 18.7 Å². The summed E-state index contributed by atoms with van der Waals surface area (Å²) in [7, 11) is 1.85. The van der Waals surface area contributed by atoms with Gasteiger partial charge in [0.2, 0.25) is 17.7 Å². The van der Waals surface area contributed by atoms with Crippen molar-refractivity contribution >= 4 is 39.9 Å². The zero-order chi connectivity index (χ0) is 27.4. The summed E-state index contributed by atoms with van der Waals surface area (Å²) in [6.45, 7) is 1.32. The number of hydrogen-bond donors (Lipinski definition) is 3. The summed E-state index contributed by atoms with van der Waals surface area (Å²) in [5.41, 5.74) is 1.45. The topological polar surface area (TPSA) is 128 Å². The Bertz CT molecular complexity index is 1440. The van der Waals surface area contributed by atoms with Crippen LogP contribution in [0.3, 0.4) is 0 Å². The van der Waals surface area contributed by atoms with Crippen LogP contribution in [0.5, 0.6) is 5.88 Å². The van der Waals surface area contributed by atoms with Crippen molar-refractivity contribution in [2.75, 3.05) is 23.8 Å². The Morgan fingerprint density at radius 1 is 1.20 bits per heavy atom. The van der Waals surface area contributed by atoms with Gasteiger partial charge in [-0.05, 0) is 68.8 Å². The molecule has 0 unspecified atom stereocenters. The molecule has 3 heterocycles. The second-order valence-electron chi connectivity index (χ2n) is 11.5. The standard InChI is InChI=1S/C27H33FN8O3S/c1-35-21(10-22(34-35)39-12-15-4-5-15)31-27-33-30-13-36(27)16-6-7-20-18(8-16)23(25(38)29-11-14-2-3-14)26(40-20)32-24(37)17-9-19(17)28/h10,13-17,19H,2-9,11-12H2,1H3,(H,29,38)(H,31,33)(H,32,37)/t16-,17-,19-/m0/s1. The van der Waals surface area contributed by atoms with E-state index in [9.17, 15) is 14.0 Å². The van der Waals surface area contributed by atoms with E-state index in [1.54, 1.807) is 11.0 Å². The molecule has 3 atom stereocenters. The fourth-order valence-electron chi connectivity index (χ4n) is 5.25. The maximum atomic E-state index is 13.6. The molecule has 3 fully saturated rings. The van der Waals surface area contributed by atoms with Gasteiger partial charge in [-0.2, -0.15) is 0 Å². The van der Waals surface area contributed by atoms with E-state index in [0.717, 1.165) is 41.9 Å². The third-order valence-electron chi connectivity index (χ3n) is 8.22. The van der Waals surface area contributed by atoms with Crippen LogP contribution in [-0.4, -0.2) is 55.7 Å². The van der Waals surface area contributed by atoms with Gasteiger partial charge in [0.05, 0.1) is 18.1 Å². The maximum Gasteiger partial charge on any atom is 0.254 e. The van der Waals surface area contributed by atoms with E-state index in [0.29, 0.717) is 53.8 Å². The second kappa shape index (κ2) is 10.2. The molecule has 0 aliphatic heterocycles. The van der Waals surface area contributed by atoms with Crippen molar-refractivity contribution in [3.05, 3.63) is 28.4 Å². The Kier molecular flexibility index (Phi) is 6.48. The molecule has 2 amide bonds. The molecule has 4 aliphatic rings. The first-order valence-electron chi connectivity index (χ1n) is 14.1. The molecule has 11 nitrogen and oxygen atoms in total. The van der Waals surface area contributed by atoms with E-state index >= 15 is 0 Å². The van der Waals surface area contributed by atoms with E-state index < -0.39 is 12.1 Å². The summed E-state index contributed by atoms with van der Waals surface area (Å²) in [6.07, 6.45) is 7.71. The summed E-state index contributed by atoms with van der Waals surface area (Å²) in [4.78, 5) is 27.1. The predicted molar refractivity (Wildman–Crippen MR) is 147 cm³/mol. The first-order chi connectivity index (χ1) is 19.4. The summed E-state index contributed by atoms with van der Waals surface area (Å²) in [6, 6.07) is 1.87. The van der Waals surface area contributed by atoms with Gasteiger partial charge in [-0.3, -0.25) is 14.2 Å². The molecule has 0 bridgehead atoms. The number of alkyl halides is 1. The number of anilines is 3. The molecule has 212 valence electrons. The van der Waals surface area contributed by atoms with Crippen LogP contribution < -0.4 is 20.7 Å². The number of amides is 2. The number of ether oxygens (including phenoxy) is 1. The minimum atomic E-state index is -1.09. The highest BCUT2D eigenvalue weighted by Gasteiger charge is 2.44. The fraction of sp³-hybridized carbons (Fsp3) is 0.593. The molecule has 0 aromatic carbocycles. The maximum absolute atomic E-state index is 13.6. The number of fused-ring (bicyclic) bond motifs is 1. The quantitative estimate of drug-likeness (QED) is 0.321. The first-order valence-corrected chi connectivity index (χ1v) is 15.0. The van der Waals surface area contributed by atoms with Gasteiger partial charge in [0, 0.05) is 30.6 Å².